The number of aryl methyl sites for hydroxylation is 1. The average molecular weight is 387 g/mol. The zero-order valence-corrected chi connectivity index (χ0v) is 17.0. The Morgan fingerprint density at radius 1 is 1.37 bits per heavy atom. The van der Waals surface area contributed by atoms with Crippen LogP contribution in [-0.4, -0.2) is 39.2 Å². The van der Waals surface area contributed by atoms with Crippen LogP contribution < -0.4 is 5.32 Å². The van der Waals surface area contributed by atoms with Crippen molar-refractivity contribution >= 4 is 23.3 Å². The maximum absolute atomic E-state index is 11.7. The third kappa shape index (κ3) is 3.69. The van der Waals surface area contributed by atoms with Gasteiger partial charge < -0.3 is 19.5 Å². The number of ether oxygens (including phenoxy) is 1. The zero-order chi connectivity index (χ0) is 19.6. The molecule has 1 fully saturated rings. The lowest BCUT2D eigenvalue weighted by Crippen LogP contribution is -2.32. The van der Waals surface area contributed by atoms with E-state index in [1.165, 1.54) is 24.1 Å². The highest BCUT2D eigenvalue weighted by molar-refractivity contribution is 7.80. The molecule has 1 N–H and O–H groups in total. The molecular weight excluding hydrogens is 360 g/mol. The molecule has 0 aliphatic carbocycles. The summed E-state index contributed by atoms with van der Waals surface area (Å²) in [5, 5.41) is 4.06. The Kier molecular flexibility index (Phi) is 5.79. The van der Waals surface area contributed by atoms with Crippen molar-refractivity contribution in [2.24, 2.45) is 0 Å². The Morgan fingerprint density at radius 3 is 2.74 bits per heavy atom. The van der Waals surface area contributed by atoms with Crippen molar-refractivity contribution in [3.63, 3.8) is 0 Å². The molecule has 27 heavy (non-hydrogen) atoms. The van der Waals surface area contributed by atoms with Gasteiger partial charge in [0.05, 0.1) is 31.3 Å². The highest BCUT2D eigenvalue weighted by Crippen LogP contribution is 2.40. The normalized spacial score (nSPS) is 19.3. The molecule has 7 heteroatoms. The summed E-state index contributed by atoms with van der Waals surface area (Å²) < 4.78 is 7.11. The van der Waals surface area contributed by atoms with Gasteiger partial charge in [-0.05, 0) is 56.8 Å². The van der Waals surface area contributed by atoms with Gasteiger partial charge in [-0.1, -0.05) is 6.07 Å². The van der Waals surface area contributed by atoms with Crippen molar-refractivity contribution in [2.45, 2.75) is 45.8 Å². The molecule has 2 atom stereocenters. The van der Waals surface area contributed by atoms with E-state index in [2.05, 4.69) is 46.6 Å². The fourth-order valence-corrected chi connectivity index (χ4v) is 4.24. The lowest BCUT2D eigenvalue weighted by molar-refractivity contribution is -0.140. The van der Waals surface area contributed by atoms with Gasteiger partial charge in [0.15, 0.2) is 5.11 Å². The van der Waals surface area contributed by atoms with Crippen molar-refractivity contribution in [2.75, 3.05) is 13.7 Å². The van der Waals surface area contributed by atoms with Gasteiger partial charge in [0.25, 0.3) is 0 Å². The van der Waals surface area contributed by atoms with Crippen molar-refractivity contribution in [1.29, 1.82) is 0 Å². The van der Waals surface area contributed by atoms with Gasteiger partial charge in [0, 0.05) is 30.7 Å². The molecule has 0 bridgehead atoms. The molecule has 0 amide bonds. The van der Waals surface area contributed by atoms with Gasteiger partial charge >= 0.3 is 5.97 Å². The summed E-state index contributed by atoms with van der Waals surface area (Å²) in [4.78, 5) is 18.4. The number of aromatic nitrogens is 2. The van der Waals surface area contributed by atoms with Crippen molar-refractivity contribution in [3.05, 3.63) is 53.1 Å². The Hall–Kier alpha value is -2.41. The second-order valence-electron chi connectivity index (χ2n) is 6.72. The number of methoxy groups -OCH3 is 1. The van der Waals surface area contributed by atoms with Crippen LogP contribution in [0.4, 0.5) is 0 Å². The van der Waals surface area contributed by atoms with Crippen LogP contribution in [0.25, 0.3) is 0 Å². The number of carbonyl (C=O) groups excluding carboxylic acids is 1. The van der Waals surface area contributed by atoms with Crippen LogP contribution in [0.5, 0.6) is 0 Å². The highest BCUT2D eigenvalue weighted by Gasteiger charge is 2.41. The molecule has 3 heterocycles. The lowest BCUT2D eigenvalue weighted by Gasteiger charge is -2.27. The molecule has 0 radical (unpaired) electrons. The van der Waals surface area contributed by atoms with Crippen molar-refractivity contribution in [3.8, 4) is 0 Å². The number of pyridine rings is 1. The zero-order valence-electron chi connectivity index (χ0n) is 16.2. The molecule has 1 saturated heterocycles. The molecule has 3 rings (SSSR count). The highest BCUT2D eigenvalue weighted by atomic mass is 32.1. The lowest BCUT2D eigenvalue weighted by atomic mass is 9.96. The molecule has 0 spiro atoms. The van der Waals surface area contributed by atoms with E-state index in [-0.39, 0.29) is 24.5 Å². The predicted molar refractivity (Wildman–Crippen MR) is 108 cm³/mol. The van der Waals surface area contributed by atoms with E-state index < -0.39 is 0 Å². The third-order valence-electron chi connectivity index (χ3n) is 5.23. The van der Waals surface area contributed by atoms with Gasteiger partial charge in [0.1, 0.15) is 0 Å². The topological polar surface area (TPSA) is 59.4 Å². The van der Waals surface area contributed by atoms with E-state index in [4.69, 9.17) is 17.0 Å². The number of thiocarbonyl (C=S) groups is 1. The van der Waals surface area contributed by atoms with Gasteiger partial charge in [-0.15, -0.1) is 0 Å². The summed E-state index contributed by atoms with van der Waals surface area (Å²) in [7, 11) is 1.41. The quantitative estimate of drug-likeness (QED) is 0.608. The molecular formula is C20H26N4O2S. The summed E-state index contributed by atoms with van der Waals surface area (Å²) >= 11 is 5.62. The van der Waals surface area contributed by atoms with Crippen LogP contribution in [0.1, 0.15) is 48.1 Å². The van der Waals surface area contributed by atoms with Crippen molar-refractivity contribution < 1.29 is 9.53 Å². The molecule has 2 aromatic rings. The minimum atomic E-state index is -0.239. The SMILES string of the molecule is CCn1c(C)cc([C@@H]2[C@@H](c3ccccn3)NC(=S)N2CCC(=O)OC)c1C. The Morgan fingerprint density at radius 2 is 2.15 bits per heavy atom. The second-order valence-corrected chi connectivity index (χ2v) is 7.10. The van der Waals surface area contributed by atoms with E-state index >= 15 is 0 Å². The Labute approximate surface area is 165 Å². The van der Waals surface area contributed by atoms with E-state index in [0.29, 0.717) is 11.7 Å². The molecule has 144 valence electrons. The van der Waals surface area contributed by atoms with Crippen LogP contribution in [-0.2, 0) is 16.1 Å². The van der Waals surface area contributed by atoms with E-state index in [0.717, 1.165) is 12.2 Å². The van der Waals surface area contributed by atoms with Gasteiger partial charge in [-0.2, -0.15) is 0 Å². The predicted octanol–water partition coefficient (Wildman–Crippen LogP) is 3.06. The van der Waals surface area contributed by atoms with Crippen LogP contribution in [0.15, 0.2) is 30.5 Å². The summed E-state index contributed by atoms with van der Waals surface area (Å²) in [5.74, 6) is -0.239. The molecule has 1 aliphatic heterocycles. The van der Waals surface area contributed by atoms with Gasteiger partial charge in [0.2, 0.25) is 0 Å². The first-order valence-electron chi connectivity index (χ1n) is 9.19. The Bertz CT molecular complexity index is 834. The van der Waals surface area contributed by atoms with Crippen LogP contribution in [0.2, 0.25) is 0 Å². The average Bonchev–Trinajstić information content (AvgIpc) is 3.15. The van der Waals surface area contributed by atoms with Crippen molar-refractivity contribution in [1.82, 2.24) is 19.8 Å². The molecule has 6 nitrogen and oxygen atoms in total. The number of carbonyl (C=O) groups is 1. The number of hydrogen-bond acceptors (Lipinski definition) is 4. The number of nitrogens with one attached hydrogen (secondary N) is 1. The molecule has 2 aromatic heterocycles. The van der Waals surface area contributed by atoms with E-state index in [1.807, 2.05) is 18.2 Å². The number of rotatable bonds is 6. The number of nitrogens with zero attached hydrogens (tertiary/aromatic N) is 3. The van der Waals surface area contributed by atoms with Crippen LogP contribution in [0, 0.1) is 13.8 Å². The Balaban J connectivity index is 2.03. The summed E-state index contributed by atoms with van der Waals surface area (Å²) in [6.45, 7) is 7.82. The monoisotopic (exact) mass is 386 g/mol. The molecule has 0 saturated carbocycles. The van der Waals surface area contributed by atoms with E-state index in [9.17, 15) is 4.79 Å². The molecule has 0 unspecified atom stereocenters. The summed E-state index contributed by atoms with van der Waals surface area (Å²) in [5.41, 5.74) is 4.58. The smallest absolute Gasteiger partial charge is 0.307 e. The van der Waals surface area contributed by atoms with Gasteiger partial charge in [-0.25, -0.2) is 0 Å². The fraction of sp³-hybridized carbons (Fsp3) is 0.450. The number of hydrogen-bond donors (Lipinski definition) is 1. The maximum Gasteiger partial charge on any atom is 0.307 e. The standard InChI is InChI=1S/C20H26N4O2S/c1-5-23-13(2)12-15(14(23)3)19-18(16-8-6-7-10-21-16)22-20(27)24(19)11-9-17(25)26-4/h6-8,10,12,18-19H,5,9,11H2,1-4H3,(H,22,27)/t18-,19-/m1/s1. The van der Waals surface area contributed by atoms with Gasteiger partial charge in [-0.3, -0.25) is 9.78 Å². The maximum atomic E-state index is 11.7. The van der Waals surface area contributed by atoms with Crippen LogP contribution >= 0.6 is 12.2 Å². The first kappa shape index (κ1) is 19.4. The summed E-state index contributed by atoms with van der Waals surface area (Å²) in [6.07, 6.45) is 2.08. The first-order chi connectivity index (χ1) is 13.0. The molecule has 1 aliphatic rings. The molecule has 0 aromatic carbocycles. The summed E-state index contributed by atoms with van der Waals surface area (Å²) in [6, 6.07) is 8.03. The fourth-order valence-electron chi connectivity index (χ4n) is 3.91. The first-order valence-corrected chi connectivity index (χ1v) is 9.60. The van der Waals surface area contributed by atoms with E-state index in [1.54, 1.807) is 6.20 Å². The van der Waals surface area contributed by atoms with Crippen LogP contribution in [0.3, 0.4) is 0 Å². The minimum absolute atomic E-state index is 0.0245. The number of esters is 1. The third-order valence-corrected chi connectivity index (χ3v) is 5.58. The largest absolute Gasteiger partial charge is 0.469 e. The second kappa shape index (κ2) is 8.08. The minimum Gasteiger partial charge on any atom is -0.469 e.